The van der Waals surface area contributed by atoms with E-state index in [1.807, 2.05) is 18.2 Å². The summed E-state index contributed by atoms with van der Waals surface area (Å²) in [6.07, 6.45) is 1.67. The molecule has 0 saturated heterocycles. The summed E-state index contributed by atoms with van der Waals surface area (Å²) in [6.45, 7) is 0. The maximum absolute atomic E-state index is 8.81. The van der Waals surface area contributed by atoms with E-state index in [0.29, 0.717) is 5.56 Å². The fourth-order valence-corrected chi connectivity index (χ4v) is 1.43. The molecule has 2 aromatic rings. The van der Waals surface area contributed by atoms with Gasteiger partial charge in [-0.25, -0.2) is 0 Å². The van der Waals surface area contributed by atoms with E-state index in [4.69, 9.17) is 11.1 Å². The standard InChI is InChI=1S/C12H10N4/c13-8-9-2-1-3-10(6-9)12-7-11(16-14)4-5-15-12/h1-7H,14H2,(H,15,16). The van der Waals surface area contributed by atoms with Crippen LogP contribution >= 0.6 is 0 Å². The fourth-order valence-electron chi connectivity index (χ4n) is 1.43. The molecule has 0 fully saturated rings. The zero-order valence-corrected chi connectivity index (χ0v) is 8.51. The van der Waals surface area contributed by atoms with Gasteiger partial charge in [0.25, 0.3) is 0 Å². The summed E-state index contributed by atoms with van der Waals surface area (Å²) in [5.74, 6) is 5.32. The topological polar surface area (TPSA) is 74.7 Å². The number of nitriles is 1. The van der Waals surface area contributed by atoms with Crippen LogP contribution in [0.5, 0.6) is 0 Å². The number of pyridine rings is 1. The Morgan fingerprint density at radius 1 is 1.25 bits per heavy atom. The first-order chi connectivity index (χ1) is 7.83. The molecule has 4 nitrogen and oxygen atoms in total. The lowest BCUT2D eigenvalue weighted by atomic mass is 10.1. The van der Waals surface area contributed by atoms with E-state index >= 15 is 0 Å². The van der Waals surface area contributed by atoms with Crippen LogP contribution < -0.4 is 11.3 Å². The minimum atomic E-state index is 0.616. The third kappa shape index (κ3) is 2.00. The van der Waals surface area contributed by atoms with Crippen LogP contribution in [0.1, 0.15) is 5.56 Å². The SMILES string of the molecule is N#Cc1cccc(-c2cc(NN)ccn2)c1. The molecule has 78 valence electrons. The van der Waals surface area contributed by atoms with Crippen molar-refractivity contribution in [1.29, 1.82) is 5.26 Å². The first kappa shape index (κ1) is 10.1. The van der Waals surface area contributed by atoms with Gasteiger partial charge in [0.2, 0.25) is 0 Å². The van der Waals surface area contributed by atoms with Crippen molar-refractivity contribution in [2.75, 3.05) is 5.43 Å². The number of nitrogens with one attached hydrogen (secondary N) is 1. The maximum atomic E-state index is 8.81. The van der Waals surface area contributed by atoms with Gasteiger partial charge in [-0.15, -0.1) is 0 Å². The number of nitrogens with zero attached hydrogens (tertiary/aromatic N) is 2. The molecule has 1 heterocycles. The first-order valence-electron chi connectivity index (χ1n) is 4.76. The molecule has 0 aliphatic rings. The summed E-state index contributed by atoms with van der Waals surface area (Å²) in [5, 5.41) is 8.81. The average Bonchev–Trinajstić information content (AvgIpc) is 2.39. The molecule has 0 aliphatic heterocycles. The number of nitrogen functional groups attached to an aromatic ring is 1. The number of rotatable bonds is 2. The van der Waals surface area contributed by atoms with Crippen LogP contribution in [0.2, 0.25) is 0 Å². The molecule has 16 heavy (non-hydrogen) atoms. The summed E-state index contributed by atoms with van der Waals surface area (Å²) in [4.78, 5) is 4.23. The van der Waals surface area contributed by atoms with Crippen LogP contribution in [0.4, 0.5) is 5.69 Å². The summed E-state index contributed by atoms with van der Waals surface area (Å²) in [5.41, 5.74) is 5.65. The number of hydrogen-bond donors (Lipinski definition) is 2. The molecule has 1 aromatic carbocycles. The highest BCUT2D eigenvalue weighted by Gasteiger charge is 2.01. The van der Waals surface area contributed by atoms with Crippen molar-refractivity contribution in [3.63, 3.8) is 0 Å². The van der Waals surface area contributed by atoms with E-state index in [9.17, 15) is 0 Å². The molecule has 1 aromatic heterocycles. The van der Waals surface area contributed by atoms with E-state index in [1.54, 1.807) is 24.4 Å². The van der Waals surface area contributed by atoms with Crippen LogP contribution in [0, 0.1) is 11.3 Å². The average molecular weight is 210 g/mol. The van der Waals surface area contributed by atoms with E-state index in [1.165, 1.54) is 0 Å². The molecule has 0 amide bonds. The Morgan fingerprint density at radius 3 is 2.88 bits per heavy atom. The largest absolute Gasteiger partial charge is 0.324 e. The third-order valence-corrected chi connectivity index (χ3v) is 2.21. The Balaban J connectivity index is 2.46. The van der Waals surface area contributed by atoms with E-state index in [-0.39, 0.29) is 0 Å². The van der Waals surface area contributed by atoms with Crippen molar-refractivity contribution in [2.45, 2.75) is 0 Å². The van der Waals surface area contributed by atoms with Crippen LogP contribution in [-0.4, -0.2) is 4.98 Å². The second-order valence-corrected chi connectivity index (χ2v) is 3.27. The van der Waals surface area contributed by atoms with Crippen molar-refractivity contribution in [2.24, 2.45) is 5.84 Å². The summed E-state index contributed by atoms with van der Waals surface area (Å²) >= 11 is 0. The molecule has 0 unspecified atom stereocenters. The second kappa shape index (κ2) is 4.43. The molecule has 0 spiro atoms. The van der Waals surface area contributed by atoms with Crippen molar-refractivity contribution in [3.8, 4) is 17.3 Å². The maximum Gasteiger partial charge on any atom is 0.0991 e. The number of hydrogen-bond acceptors (Lipinski definition) is 4. The number of hydrazine groups is 1. The smallest absolute Gasteiger partial charge is 0.0991 e. The normalized spacial score (nSPS) is 9.50. The highest BCUT2D eigenvalue weighted by molar-refractivity contribution is 5.65. The Labute approximate surface area is 93.3 Å². The van der Waals surface area contributed by atoms with Gasteiger partial charge in [-0.3, -0.25) is 10.8 Å². The van der Waals surface area contributed by atoms with Crippen molar-refractivity contribution in [1.82, 2.24) is 4.98 Å². The molecule has 0 bridgehead atoms. The van der Waals surface area contributed by atoms with Gasteiger partial charge in [-0.1, -0.05) is 12.1 Å². The Bertz CT molecular complexity index is 543. The number of benzene rings is 1. The quantitative estimate of drug-likeness (QED) is 0.586. The molecule has 0 saturated carbocycles. The lowest BCUT2D eigenvalue weighted by Crippen LogP contribution is -2.06. The van der Waals surface area contributed by atoms with Crippen molar-refractivity contribution < 1.29 is 0 Å². The molecular weight excluding hydrogens is 200 g/mol. The molecule has 2 rings (SSSR count). The lowest BCUT2D eigenvalue weighted by molar-refractivity contribution is 1.28. The predicted molar refractivity (Wildman–Crippen MR) is 62.2 cm³/mol. The van der Waals surface area contributed by atoms with Crippen LogP contribution in [0.15, 0.2) is 42.6 Å². The van der Waals surface area contributed by atoms with Gasteiger partial charge in [0.1, 0.15) is 0 Å². The van der Waals surface area contributed by atoms with Crippen molar-refractivity contribution in [3.05, 3.63) is 48.2 Å². The summed E-state index contributed by atoms with van der Waals surface area (Å²) in [6, 6.07) is 13.0. The van der Waals surface area contributed by atoms with Gasteiger partial charge in [-0.05, 0) is 24.3 Å². The molecule has 4 heteroatoms. The highest BCUT2D eigenvalue weighted by Crippen LogP contribution is 2.20. The molecule has 3 N–H and O–H groups in total. The molecule has 0 radical (unpaired) electrons. The second-order valence-electron chi connectivity index (χ2n) is 3.27. The van der Waals surface area contributed by atoms with Gasteiger partial charge in [-0.2, -0.15) is 5.26 Å². The van der Waals surface area contributed by atoms with E-state index < -0.39 is 0 Å². The molecule has 0 aliphatic carbocycles. The van der Waals surface area contributed by atoms with Crippen LogP contribution in [0.25, 0.3) is 11.3 Å². The number of aromatic nitrogens is 1. The Hall–Kier alpha value is -2.38. The van der Waals surface area contributed by atoms with E-state index in [0.717, 1.165) is 16.9 Å². The first-order valence-corrected chi connectivity index (χ1v) is 4.76. The minimum absolute atomic E-state index is 0.616. The van der Waals surface area contributed by atoms with Gasteiger partial charge in [0.15, 0.2) is 0 Å². The number of nitrogens with two attached hydrogens (primary N) is 1. The third-order valence-electron chi connectivity index (χ3n) is 2.21. The minimum Gasteiger partial charge on any atom is -0.324 e. The summed E-state index contributed by atoms with van der Waals surface area (Å²) < 4.78 is 0. The zero-order chi connectivity index (χ0) is 11.4. The van der Waals surface area contributed by atoms with Gasteiger partial charge in [0, 0.05) is 11.8 Å². The van der Waals surface area contributed by atoms with Gasteiger partial charge in [0.05, 0.1) is 23.0 Å². The Kier molecular flexibility index (Phi) is 2.81. The Morgan fingerprint density at radius 2 is 2.12 bits per heavy atom. The fraction of sp³-hybridized carbons (Fsp3) is 0. The van der Waals surface area contributed by atoms with Crippen molar-refractivity contribution >= 4 is 5.69 Å². The van der Waals surface area contributed by atoms with Crippen LogP contribution in [0.3, 0.4) is 0 Å². The highest BCUT2D eigenvalue weighted by atomic mass is 15.2. The summed E-state index contributed by atoms with van der Waals surface area (Å²) in [7, 11) is 0. The number of anilines is 1. The predicted octanol–water partition coefficient (Wildman–Crippen LogP) is 1.91. The van der Waals surface area contributed by atoms with Gasteiger partial charge < -0.3 is 5.43 Å². The van der Waals surface area contributed by atoms with Gasteiger partial charge >= 0.3 is 0 Å². The molecular formula is C12H10N4. The monoisotopic (exact) mass is 210 g/mol. The molecule has 0 atom stereocenters. The van der Waals surface area contributed by atoms with E-state index in [2.05, 4.69) is 16.5 Å². The zero-order valence-electron chi connectivity index (χ0n) is 8.51. The van der Waals surface area contributed by atoms with Crippen LogP contribution in [-0.2, 0) is 0 Å². The lowest BCUT2D eigenvalue weighted by Gasteiger charge is -2.04.